The first-order chi connectivity index (χ1) is 10.2. The second-order valence-corrected chi connectivity index (χ2v) is 5.74. The van der Waals surface area contributed by atoms with Crippen LogP contribution in [-0.4, -0.2) is 35.6 Å². The standard InChI is InChI=1S/C15H18ClN3O2/c1-21-15(20)14-11-5-2-6-12(16)19(11)13(18-14)8-10-4-3-7-17-9-10/h2,5-6,10,17H,3-4,7-9H2,1H3. The smallest absolute Gasteiger partial charge is 0.358 e. The first kappa shape index (κ1) is 14.4. The van der Waals surface area contributed by atoms with Crippen LogP contribution in [0.25, 0.3) is 5.52 Å². The van der Waals surface area contributed by atoms with Crippen LogP contribution in [0.1, 0.15) is 29.2 Å². The summed E-state index contributed by atoms with van der Waals surface area (Å²) < 4.78 is 6.67. The summed E-state index contributed by atoms with van der Waals surface area (Å²) in [7, 11) is 1.36. The Labute approximate surface area is 128 Å². The van der Waals surface area contributed by atoms with Gasteiger partial charge in [-0.05, 0) is 44.0 Å². The number of halogens is 1. The molecule has 0 spiro atoms. The first-order valence-corrected chi connectivity index (χ1v) is 7.53. The average molecular weight is 308 g/mol. The zero-order valence-electron chi connectivity index (χ0n) is 11.9. The van der Waals surface area contributed by atoms with Gasteiger partial charge in [-0.1, -0.05) is 17.7 Å². The minimum Gasteiger partial charge on any atom is -0.464 e. The number of imidazole rings is 1. The van der Waals surface area contributed by atoms with Crippen molar-refractivity contribution < 1.29 is 9.53 Å². The molecule has 21 heavy (non-hydrogen) atoms. The van der Waals surface area contributed by atoms with Gasteiger partial charge in [-0.2, -0.15) is 0 Å². The number of fused-ring (bicyclic) bond motifs is 1. The number of methoxy groups -OCH3 is 1. The number of nitrogens with zero attached hydrogens (tertiary/aromatic N) is 2. The van der Waals surface area contributed by atoms with Crippen molar-refractivity contribution in [2.24, 2.45) is 5.92 Å². The number of piperidine rings is 1. The van der Waals surface area contributed by atoms with Crippen molar-refractivity contribution in [2.75, 3.05) is 20.2 Å². The Morgan fingerprint density at radius 3 is 3.14 bits per heavy atom. The highest BCUT2D eigenvalue weighted by Crippen LogP contribution is 2.23. The normalized spacial score (nSPS) is 18.9. The lowest BCUT2D eigenvalue weighted by atomic mass is 9.96. The Morgan fingerprint density at radius 1 is 1.57 bits per heavy atom. The maximum atomic E-state index is 11.9. The SMILES string of the molecule is COC(=O)c1nc(CC2CCCNC2)n2c(Cl)cccc12. The van der Waals surface area contributed by atoms with E-state index in [0.717, 1.165) is 25.3 Å². The van der Waals surface area contributed by atoms with Gasteiger partial charge in [0.1, 0.15) is 11.0 Å². The summed E-state index contributed by atoms with van der Waals surface area (Å²) in [5.74, 6) is 0.915. The summed E-state index contributed by atoms with van der Waals surface area (Å²) in [5, 5.41) is 3.96. The molecule has 1 fully saturated rings. The van der Waals surface area contributed by atoms with E-state index in [2.05, 4.69) is 10.3 Å². The molecule has 112 valence electrons. The Morgan fingerprint density at radius 2 is 2.43 bits per heavy atom. The van der Waals surface area contributed by atoms with Crippen LogP contribution in [0.2, 0.25) is 5.15 Å². The maximum Gasteiger partial charge on any atom is 0.358 e. The van der Waals surface area contributed by atoms with E-state index in [4.69, 9.17) is 16.3 Å². The highest BCUT2D eigenvalue weighted by molar-refractivity contribution is 6.29. The van der Waals surface area contributed by atoms with E-state index < -0.39 is 5.97 Å². The molecule has 0 saturated carbocycles. The molecule has 1 unspecified atom stereocenters. The van der Waals surface area contributed by atoms with Crippen molar-refractivity contribution >= 4 is 23.1 Å². The lowest BCUT2D eigenvalue weighted by Crippen LogP contribution is -2.31. The second-order valence-electron chi connectivity index (χ2n) is 5.35. The quantitative estimate of drug-likeness (QED) is 0.698. The van der Waals surface area contributed by atoms with Crippen molar-refractivity contribution in [3.05, 3.63) is 34.9 Å². The molecule has 0 radical (unpaired) electrons. The Hall–Kier alpha value is -1.59. The Bertz CT molecular complexity index is 662. The molecule has 0 amide bonds. The lowest BCUT2D eigenvalue weighted by Gasteiger charge is -2.22. The number of carbonyl (C=O) groups is 1. The summed E-state index contributed by atoms with van der Waals surface area (Å²) in [6.45, 7) is 2.06. The summed E-state index contributed by atoms with van der Waals surface area (Å²) in [6, 6.07) is 5.46. The van der Waals surface area contributed by atoms with Gasteiger partial charge in [0.25, 0.3) is 0 Å². The highest BCUT2D eigenvalue weighted by atomic mass is 35.5. The number of esters is 1. The van der Waals surface area contributed by atoms with Gasteiger partial charge < -0.3 is 10.1 Å². The summed E-state index contributed by atoms with van der Waals surface area (Å²) in [5.41, 5.74) is 1.03. The van der Waals surface area contributed by atoms with Crippen molar-refractivity contribution in [1.29, 1.82) is 0 Å². The molecule has 6 heteroatoms. The number of pyridine rings is 1. The first-order valence-electron chi connectivity index (χ1n) is 7.15. The number of hydrogen-bond acceptors (Lipinski definition) is 4. The summed E-state index contributed by atoms with van der Waals surface area (Å²) >= 11 is 6.30. The van der Waals surface area contributed by atoms with E-state index in [1.165, 1.54) is 20.0 Å². The van der Waals surface area contributed by atoms with Crippen molar-refractivity contribution in [3.8, 4) is 0 Å². The van der Waals surface area contributed by atoms with Gasteiger partial charge in [0.15, 0.2) is 5.69 Å². The van der Waals surface area contributed by atoms with Crippen LogP contribution in [0, 0.1) is 5.92 Å². The van der Waals surface area contributed by atoms with Crippen LogP contribution in [0.15, 0.2) is 18.2 Å². The minimum absolute atomic E-state index is 0.332. The molecule has 1 atom stereocenters. The molecule has 5 nitrogen and oxygen atoms in total. The molecule has 1 aliphatic heterocycles. The number of nitrogens with one attached hydrogen (secondary N) is 1. The monoisotopic (exact) mass is 307 g/mol. The number of ether oxygens (including phenoxy) is 1. The largest absolute Gasteiger partial charge is 0.464 e. The second kappa shape index (κ2) is 6.03. The van der Waals surface area contributed by atoms with Crippen LogP contribution >= 0.6 is 11.6 Å². The van der Waals surface area contributed by atoms with Gasteiger partial charge >= 0.3 is 5.97 Å². The van der Waals surface area contributed by atoms with E-state index in [-0.39, 0.29) is 0 Å². The number of aromatic nitrogens is 2. The molecule has 1 N–H and O–H groups in total. The summed E-state index contributed by atoms with van der Waals surface area (Å²) in [4.78, 5) is 16.4. The zero-order valence-corrected chi connectivity index (χ0v) is 12.7. The molecular formula is C15H18ClN3O2. The fraction of sp³-hybridized carbons (Fsp3) is 0.467. The number of hydrogen-bond donors (Lipinski definition) is 1. The third-order valence-corrected chi connectivity index (χ3v) is 4.23. The van der Waals surface area contributed by atoms with Gasteiger partial charge in [0.05, 0.1) is 12.6 Å². The molecule has 3 heterocycles. The van der Waals surface area contributed by atoms with Crippen LogP contribution in [0.4, 0.5) is 0 Å². The van der Waals surface area contributed by atoms with Crippen molar-refractivity contribution in [3.63, 3.8) is 0 Å². The Kier molecular flexibility index (Phi) is 4.12. The number of rotatable bonds is 3. The summed E-state index contributed by atoms with van der Waals surface area (Å²) in [6.07, 6.45) is 3.14. The minimum atomic E-state index is -0.428. The molecular weight excluding hydrogens is 290 g/mol. The maximum absolute atomic E-state index is 11.9. The van der Waals surface area contributed by atoms with Crippen LogP contribution in [-0.2, 0) is 11.2 Å². The van der Waals surface area contributed by atoms with Gasteiger partial charge in [0, 0.05) is 6.42 Å². The van der Waals surface area contributed by atoms with Crippen molar-refractivity contribution in [2.45, 2.75) is 19.3 Å². The highest BCUT2D eigenvalue weighted by Gasteiger charge is 2.22. The van der Waals surface area contributed by atoms with Crippen LogP contribution < -0.4 is 5.32 Å². The molecule has 2 aromatic rings. The van der Waals surface area contributed by atoms with E-state index in [1.807, 2.05) is 16.5 Å². The molecule has 3 rings (SSSR count). The van der Waals surface area contributed by atoms with Gasteiger partial charge in [-0.15, -0.1) is 0 Å². The predicted octanol–water partition coefficient (Wildman–Crippen LogP) is 2.32. The third kappa shape index (κ3) is 2.76. The molecule has 1 aliphatic rings. The van der Waals surface area contributed by atoms with E-state index in [1.54, 1.807) is 6.07 Å². The van der Waals surface area contributed by atoms with E-state index in [0.29, 0.717) is 22.3 Å². The van der Waals surface area contributed by atoms with Crippen LogP contribution in [0.3, 0.4) is 0 Å². The average Bonchev–Trinajstić information content (AvgIpc) is 2.87. The molecule has 1 saturated heterocycles. The van der Waals surface area contributed by atoms with E-state index >= 15 is 0 Å². The van der Waals surface area contributed by atoms with Gasteiger partial charge in [-0.25, -0.2) is 9.78 Å². The zero-order chi connectivity index (χ0) is 14.8. The van der Waals surface area contributed by atoms with Gasteiger partial charge in [-0.3, -0.25) is 4.40 Å². The van der Waals surface area contributed by atoms with Crippen molar-refractivity contribution in [1.82, 2.24) is 14.7 Å². The number of carbonyl (C=O) groups excluding carboxylic acids is 1. The predicted molar refractivity (Wildman–Crippen MR) is 80.8 cm³/mol. The van der Waals surface area contributed by atoms with E-state index in [9.17, 15) is 4.79 Å². The fourth-order valence-corrected chi connectivity index (χ4v) is 3.17. The third-order valence-electron chi connectivity index (χ3n) is 3.93. The molecule has 0 bridgehead atoms. The molecule has 0 aliphatic carbocycles. The molecule has 0 aromatic carbocycles. The van der Waals surface area contributed by atoms with Gasteiger partial charge in [0.2, 0.25) is 0 Å². The Balaban J connectivity index is 2.02. The lowest BCUT2D eigenvalue weighted by molar-refractivity contribution is 0.0596. The topological polar surface area (TPSA) is 55.6 Å². The fourth-order valence-electron chi connectivity index (χ4n) is 2.91. The molecule has 2 aromatic heterocycles. The van der Waals surface area contributed by atoms with Crippen LogP contribution in [0.5, 0.6) is 0 Å².